The summed E-state index contributed by atoms with van der Waals surface area (Å²) in [5, 5.41) is 9.81. The quantitative estimate of drug-likeness (QED) is 0.823. The first-order valence-corrected chi connectivity index (χ1v) is 8.74. The van der Waals surface area contributed by atoms with Gasteiger partial charge < -0.3 is 9.47 Å². The third-order valence-corrected chi connectivity index (χ3v) is 5.22. The van der Waals surface area contributed by atoms with E-state index in [1.807, 2.05) is 19.1 Å². The van der Waals surface area contributed by atoms with E-state index in [0.717, 1.165) is 23.4 Å². The molecule has 1 aliphatic heterocycles. The summed E-state index contributed by atoms with van der Waals surface area (Å²) in [4.78, 5) is 17.7. The smallest absolute Gasteiger partial charge is 0.161 e. The molecule has 3 rings (SSSR count). The Balaban J connectivity index is 2.21. The van der Waals surface area contributed by atoms with E-state index >= 15 is 0 Å². The van der Waals surface area contributed by atoms with Crippen molar-refractivity contribution in [3.63, 3.8) is 0 Å². The van der Waals surface area contributed by atoms with Crippen molar-refractivity contribution in [2.45, 2.75) is 39.5 Å². The second-order valence-electron chi connectivity index (χ2n) is 7.75. The van der Waals surface area contributed by atoms with E-state index in [9.17, 15) is 10.1 Å². The minimum Gasteiger partial charge on any atom is -0.497 e. The van der Waals surface area contributed by atoms with E-state index in [4.69, 9.17) is 9.47 Å². The summed E-state index contributed by atoms with van der Waals surface area (Å²) in [5.41, 5.74) is 2.95. The van der Waals surface area contributed by atoms with Crippen LogP contribution in [-0.2, 0) is 4.79 Å². The van der Waals surface area contributed by atoms with E-state index < -0.39 is 5.92 Å². The molecule has 0 aromatic heterocycles. The van der Waals surface area contributed by atoms with Crippen molar-refractivity contribution in [1.29, 1.82) is 5.26 Å². The zero-order chi connectivity index (χ0) is 19.1. The van der Waals surface area contributed by atoms with Crippen LogP contribution in [0.1, 0.15) is 45.1 Å². The molecule has 0 radical (unpaired) electrons. The molecule has 26 heavy (non-hydrogen) atoms. The number of hydrogen-bond donors (Lipinski definition) is 0. The van der Waals surface area contributed by atoms with Gasteiger partial charge in [0.1, 0.15) is 11.5 Å². The van der Waals surface area contributed by atoms with Gasteiger partial charge in [-0.15, -0.1) is 0 Å². The maximum atomic E-state index is 13.0. The maximum absolute atomic E-state index is 13.0. The van der Waals surface area contributed by atoms with Crippen LogP contribution < -0.4 is 9.47 Å². The van der Waals surface area contributed by atoms with Crippen molar-refractivity contribution in [2.75, 3.05) is 14.2 Å². The van der Waals surface area contributed by atoms with Crippen LogP contribution in [0.4, 0.5) is 0 Å². The second-order valence-corrected chi connectivity index (χ2v) is 7.75. The zero-order valence-corrected chi connectivity index (χ0v) is 15.9. The van der Waals surface area contributed by atoms with Gasteiger partial charge >= 0.3 is 0 Å². The summed E-state index contributed by atoms with van der Waals surface area (Å²) >= 11 is 0. The zero-order valence-electron chi connectivity index (χ0n) is 15.9. The van der Waals surface area contributed by atoms with Gasteiger partial charge in [-0.05, 0) is 24.8 Å². The summed E-state index contributed by atoms with van der Waals surface area (Å²) in [7, 11) is 3.18. The van der Waals surface area contributed by atoms with Crippen LogP contribution >= 0.6 is 0 Å². The molecule has 1 aromatic carbocycles. The number of hydrogen-bond acceptors (Lipinski definition) is 5. The first-order valence-electron chi connectivity index (χ1n) is 8.74. The molecule has 0 bridgehead atoms. The Labute approximate surface area is 154 Å². The number of nitrogens with zero attached hydrogens (tertiary/aromatic N) is 2. The second kappa shape index (κ2) is 6.60. The average molecular weight is 352 g/mol. The Morgan fingerprint density at radius 1 is 1.23 bits per heavy atom. The lowest BCUT2D eigenvalue weighted by Gasteiger charge is -2.38. The van der Waals surface area contributed by atoms with Crippen LogP contribution in [0.5, 0.6) is 11.5 Å². The highest BCUT2D eigenvalue weighted by atomic mass is 16.5. The molecule has 0 fully saturated rings. The van der Waals surface area contributed by atoms with Crippen LogP contribution in [0.3, 0.4) is 0 Å². The summed E-state index contributed by atoms with van der Waals surface area (Å²) in [6.07, 6.45) is 1.20. The molecule has 2 aliphatic rings. The standard InChI is InChI=1S/C21H24N2O3/c1-12-15(11-22)19(14-7-6-13(25-4)8-18(14)26-5)20-16(23-12)9-21(2,3)10-17(20)24/h6-8,15,19H,9-10H2,1-5H3/t15?,19-/m1/s1. The predicted octanol–water partition coefficient (Wildman–Crippen LogP) is 4.04. The molecule has 136 valence electrons. The van der Waals surface area contributed by atoms with E-state index in [0.29, 0.717) is 23.5 Å². The molecule has 1 heterocycles. The number of allylic oxidation sites excluding steroid dienone is 2. The average Bonchev–Trinajstić information content (AvgIpc) is 2.58. The van der Waals surface area contributed by atoms with Crippen LogP contribution in [0.2, 0.25) is 0 Å². The van der Waals surface area contributed by atoms with Crippen molar-refractivity contribution in [1.82, 2.24) is 0 Å². The number of Topliss-reactive ketones (excluding diaryl/α,β-unsaturated/α-hetero) is 1. The van der Waals surface area contributed by atoms with Crippen molar-refractivity contribution in [3.8, 4) is 17.6 Å². The first kappa shape index (κ1) is 18.2. The Morgan fingerprint density at radius 2 is 1.96 bits per heavy atom. The monoisotopic (exact) mass is 352 g/mol. The number of aliphatic imine (C=N–C) groups is 1. The lowest BCUT2D eigenvalue weighted by Crippen LogP contribution is -2.35. The van der Waals surface area contributed by atoms with Gasteiger partial charge in [0.25, 0.3) is 0 Å². The highest BCUT2D eigenvalue weighted by Gasteiger charge is 2.44. The largest absolute Gasteiger partial charge is 0.497 e. The van der Waals surface area contributed by atoms with Crippen molar-refractivity contribution < 1.29 is 14.3 Å². The van der Waals surface area contributed by atoms with Gasteiger partial charge in [0.2, 0.25) is 0 Å². The molecule has 0 N–H and O–H groups in total. The Hall–Kier alpha value is -2.61. The Bertz CT molecular complexity index is 858. The molecule has 5 heteroatoms. The van der Waals surface area contributed by atoms with E-state index in [2.05, 4.69) is 24.9 Å². The van der Waals surface area contributed by atoms with Crippen LogP contribution in [0.25, 0.3) is 0 Å². The fourth-order valence-electron chi connectivity index (χ4n) is 4.02. The van der Waals surface area contributed by atoms with E-state index in [1.54, 1.807) is 20.3 Å². The van der Waals surface area contributed by atoms with E-state index in [1.165, 1.54) is 0 Å². The van der Waals surface area contributed by atoms with Gasteiger partial charge in [-0.3, -0.25) is 9.79 Å². The molecule has 0 amide bonds. The summed E-state index contributed by atoms with van der Waals surface area (Å²) in [5.74, 6) is 0.521. The number of ketones is 1. The maximum Gasteiger partial charge on any atom is 0.161 e. The molecular formula is C21H24N2O3. The number of rotatable bonds is 3. The van der Waals surface area contributed by atoms with Crippen LogP contribution in [0.15, 0.2) is 34.5 Å². The third-order valence-electron chi connectivity index (χ3n) is 5.22. The van der Waals surface area contributed by atoms with Gasteiger partial charge in [0.05, 0.1) is 26.2 Å². The molecule has 5 nitrogen and oxygen atoms in total. The fourth-order valence-corrected chi connectivity index (χ4v) is 4.02. The summed E-state index contributed by atoms with van der Waals surface area (Å²) in [6.45, 7) is 6.03. The fraction of sp³-hybridized carbons (Fsp3) is 0.476. The molecule has 1 aromatic rings. The normalized spacial score (nSPS) is 24.5. The number of nitriles is 1. The number of carbonyl (C=O) groups excluding carboxylic acids is 1. The summed E-state index contributed by atoms with van der Waals surface area (Å²) in [6, 6.07) is 7.88. The molecular weight excluding hydrogens is 328 g/mol. The minimum atomic E-state index is -0.485. The lowest BCUT2D eigenvalue weighted by atomic mass is 9.67. The van der Waals surface area contributed by atoms with Crippen molar-refractivity contribution in [2.24, 2.45) is 16.3 Å². The van der Waals surface area contributed by atoms with Crippen LogP contribution in [0, 0.1) is 22.7 Å². The molecule has 0 saturated heterocycles. The Morgan fingerprint density at radius 3 is 2.58 bits per heavy atom. The van der Waals surface area contributed by atoms with Gasteiger partial charge in [-0.1, -0.05) is 19.9 Å². The van der Waals surface area contributed by atoms with Gasteiger partial charge in [0.15, 0.2) is 5.78 Å². The topological polar surface area (TPSA) is 71.7 Å². The molecule has 1 aliphatic carbocycles. The third kappa shape index (κ3) is 3.01. The minimum absolute atomic E-state index is 0.0793. The molecule has 2 atom stereocenters. The number of benzene rings is 1. The highest BCUT2D eigenvalue weighted by molar-refractivity contribution is 6.03. The molecule has 0 saturated carbocycles. The molecule has 1 unspecified atom stereocenters. The molecule has 0 spiro atoms. The Kier molecular flexibility index (Phi) is 4.62. The van der Waals surface area contributed by atoms with Crippen molar-refractivity contribution >= 4 is 11.5 Å². The number of ether oxygens (including phenoxy) is 2. The van der Waals surface area contributed by atoms with Crippen molar-refractivity contribution in [3.05, 3.63) is 35.0 Å². The predicted molar refractivity (Wildman–Crippen MR) is 99.5 cm³/mol. The van der Waals surface area contributed by atoms with Gasteiger partial charge in [-0.2, -0.15) is 5.26 Å². The van der Waals surface area contributed by atoms with Gasteiger partial charge in [0, 0.05) is 41.0 Å². The lowest BCUT2D eigenvalue weighted by molar-refractivity contribution is -0.118. The van der Waals surface area contributed by atoms with Gasteiger partial charge in [-0.25, -0.2) is 0 Å². The first-order chi connectivity index (χ1) is 12.3. The van der Waals surface area contributed by atoms with E-state index in [-0.39, 0.29) is 17.1 Å². The van der Waals surface area contributed by atoms with Crippen LogP contribution in [-0.4, -0.2) is 25.7 Å². The number of carbonyl (C=O) groups is 1. The SMILES string of the molecule is COc1ccc([C@H]2C3=C(CC(C)(C)CC3=O)N=C(C)C2C#N)c(OC)c1. The highest BCUT2D eigenvalue weighted by Crippen LogP contribution is 2.49. The number of methoxy groups -OCH3 is 2. The summed E-state index contributed by atoms with van der Waals surface area (Å²) < 4.78 is 10.8.